The fourth-order valence-corrected chi connectivity index (χ4v) is 5.63. The third-order valence-corrected chi connectivity index (χ3v) is 6.09. The first kappa shape index (κ1) is 15.5. The van der Waals surface area contributed by atoms with Crippen molar-refractivity contribution in [3.05, 3.63) is 35.9 Å². The minimum atomic E-state index is -0.694. The molecule has 2 atom stereocenters. The van der Waals surface area contributed by atoms with Crippen LogP contribution in [-0.4, -0.2) is 22.7 Å². The van der Waals surface area contributed by atoms with Crippen molar-refractivity contribution in [2.75, 3.05) is 0 Å². The van der Waals surface area contributed by atoms with Gasteiger partial charge in [-0.15, -0.1) is 0 Å². The number of carboxylic acids is 1. The predicted molar refractivity (Wildman–Crippen MR) is 87.2 cm³/mol. The molecule has 1 aromatic rings. The first-order valence-electron chi connectivity index (χ1n) is 8.71. The van der Waals surface area contributed by atoms with Gasteiger partial charge in [-0.05, 0) is 55.9 Å². The molecular weight excluding hydrogens is 306 g/mol. The number of carbonyl (C=O) groups excluding carboxylic acids is 1. The van der Waals surface area contributed by atoms with E-state index in [2.05, 4.69) is 5.32 Å². The second kappa shape index (κ2) is 5.50. The summed E-state index contributed by atoms with van der Waals surface area (Å²) in [5.41, 5.74) is -0.0901. The van der Waals surface area contributed by atoms with E-state index < -0.39 is 23.0 Å². The van der Waals surface area contributed by atoms with Crippen LogP contribution in [0.5, 0.6) is 0 Å². The number of hydrogen-bond donors (Lipinski definition) is 2. The average Bonchev–Trinajstić information content (AvgIpc) is 2.52. The lowest BCUT2D eigenvalue weighted by Gasteiger charge is -2.60. The van der Waals surface area contributed by atoms with E-state index in [1.54, 1.807) is 0 Å². The van der Waals surface area contributed by atoms with Gasteiger partial charge in [-0.3, -0.25) is 4.79 Å². The molecule has 4 bridgehead atoms. The summed E-state index contributed by atoms with van der Waals surface area (Å²) in [6.07, 6.45) is 4.53. The molecule has 5 nitrogen and oxygen atoms in total. The van der Waals surface area contributed by atoms with Crippen LogP contribution in [0, 0.1) is 17.3 Å². The van der Waals surface area contributed by atoms with Crippen LogP contribution in [0.1, 0.15) is 44.1 Å². The zero-order valence-corrected chi connectivity index (χ0v) is 13.7. The summed E-state index contributed by atoms with van der Waals surface area (Å²) in [5, 5.41) is 12.8. The molecule has 2 unspecified atom stereocenters. The average molecular weight is 329 g/mol. The van der Waals surface area contributed by atoms with E-state index in [-0.39, 0.29) is 6.61 Å². The monoisotopic (exact) mass is 329 g/mol. The summed E-state index contributed by atoms with van der Waals surface area (Å²) in [4.78, 5) is 24.1. The molecular formula is C19H23NO4. The molecule has 2 N–H and O–H groups in total. The summed E-state index contributed by atoms with van der Waals surface area (Å²) in [7, 11) is 0. The van der Waals surface area contributed by atoms with Gasteiger partial charge in [0.05, 0.1) is 5.41 Å². The van der Waals surface area contributed by atoms with E-state index in [9.17, 15) is 14.7 Å². The second-order valence-corrected chi connectivity index (χ2v) is 8.01. The SMILES string of the molecule is O=C(NC12CC3CC(C1)CC(C(=O)O)(C3)C2)OCc1ccccc1. The van der Waals surface area contributed by atoms with E-state index in [0.29, 0.717) is 18.3 Å². The number of hydrogen-bond acceptors (Lipinski definition) is 3. The predicted octanol–water partition coefficient (Wildman–Crippen LogP) is 3.34. The zero-order chi connectivity index (χ0) is 16.8. The van der Waals surface area contributed by atoms with Gasteiger partial charge in [0.25, 0.3) is 0 Å². The number of benzene rings is 1. The number of carboxylic acid groups (broad SMARTS) is 1. The number of aliphatic carboxylic acids is 1. The first-order chi connectivity index (χ1) is 11.5. The van der Waals surface area contributed by atoms with E-state index in [1.807, 2.05) is 30.3 Å². The van der Waals surface area contributed by atoms with Crippen LogP contribution < -0.4 is 5.32 Å². The maximum absolute atomic E-state index is 12.3. The molecule has 4 fully saturated rings. The Hall–Kier alpha value is -2.04. The number of carbonyl (C=O) groups is 2. The number of amides is 1. The first-order valence-corrected chi connectivity index (χ1v) is 8.71. The number of nitrogens with one attached hydrogen (secondary N) is 1. The lowest BCUT2D eigenvalue weighted by molar-refractivity contribution is -0.168. The van der Waals surface area contributed by atoms with Crippen LogP contribution in [0.25, 0.3) is 0 Å². The van der Waals surface area contributed by atoms with Crippen LogP contribution >= 0.6 is 0 Å². The molecule has 0 aromatic heterocycles. The van der Waals surface area contributed by atoms with E-state index >= 15 is 0 Å². The van der Waals surface area contributed by atoms with Crippen molar-refractivity contribution < 1.29 is 19.4 Å². The third kappa shape index (κ3) is 2.66. The Morgan fingerprint density at radius 1 is 1.12 bits per heavy atom. The summed E-state index contributed by atoms with van der Waals surface area (Å²) in [5.74, 6) is 0.133. The standard InChI is InChI=1S/C19H23NO4/c21-16(22)18-7-14-6-15(8-18)10-19(9-14,12-18)20-17(23)24-11-13-4-2-1-3-5-13/h1-5,14-15H,6-12H2,(H,20,23)(H,21,22). The molecule has 0 radical (unpaired) electrons. The van der Waals surface area contributed by atoms with Crippen molar-refractivity contribution in [1.29, 1.82) is 0 Å². The number of rotatable bonds is 4. The maximum atomic E-state index is 12.3. The van der Waals surface area contributed by atoms with E-state index in [1.165, 1.54) is 0 Å². The van der Waals surface area contributed by atoms with E-state index in [4.69, 9.17) is 4.74 Å². The fourth-order valence-electron chi connectivity index (χ4n) is 5.63. The molecule has 4 saturated carbocycles. The smallest absolute Gasteiger partial charge is 0.407 e. The Kier molecular flexibility index (Phi) is 3.55. The fraction of sp³-hybridized carbons (Fsp3) is 0.579. The van der Waals surface area contributed by atoms with Crippen LogP contribution in [0.2, 0.25) is 0 Å². The van der Waals surface area contributed by atoms with Gasteiger partial charge in [0.15, 0.2) is 0 Å². The number of alkyl carbamates (subject to hydrolysis) is 1. The van der Waals surface area contributed by atoms with Crippen LogP contribution in [-0.2, 0) is 16.1 Å². The van der Waals surface area contributed by atoms with E-state index in [0.717, 1.165) is 37.7 Å². The van der Waals surface area contributed by atoms with Crippen molar-refractivity contribution in [2.24, 2.45) is 17.3 Å². The Morgan fingerprint density at radius 3 is 2.42 bits per heavy atom. The molecule has 1 aromatic carbocycles. The summed E-state index contributed by atoms with van der Waals surface area (Å²) in [6.45, 7) is 0.236. The lowest BCUT2D eigenvalue weighted by atomic mass is 9.47. The minimum Gasteiger partial charge on any atom is -0.481 e. The molecule has 0 spiro atoms. The highest BCUT2D eigenvalue weighted by molar-refractivity contribution is 5.76. The topological polar surface area (TPSA) is 75.6 Å². The van der Waals surface area contributed by atoms with Gasteiger partial charge >= 0.3 is 12.1 Å². The van der Waals surface area contributed by atoms with Gasteiger partial charge < -0.3 is 15.2 Å². The normalized spacial score (nSPS) is 36.3. The van der Waals surface area contributed by atoms with Crippen LogP contribution in [0.3, 0.4) is 0 Å². The summed E-state index contributed by atoms with van der Waals surface area (Å²) < 4.78 is 5.36. The van der Waals surface area contributed by atoms with Gasteiger partial charge in [-0.2, -0.15) is 0 Å². The molecule has 5 rings (SSSR count). The largest absolute Gasteiger partial charge is 0.481 e. The Morgan fingerprint density at radius 2 is 1.79 bits per heavy atom. The summed E-state index contributed by atoms with van der Waals surface area (Å²) >= 11 is 0. The van der Waals surface area contributed by atoms with Crippen molar-refractivity contribution >= 4 is 12.1 Å². The van der Waals surface area contributed by atoms with Crippen molar-refractivity contribution in [1.82, 2.24) is 5.32 Å². The zero-order valence-electron chi connectivity index (χ0n) is 13.7. The van der Waals surface area contributed by atoms with Gasteiger partial charge in [0.1, 0.15) is 6.61 Å². The highest BCUT2D eigenvalue weighted by Gasteiger charge is 2.61. The Bertz CT molecular complexity index is 643. The second-order valence-electron chi connectivity index (χ2n) is 8.01. The maximum Gasteiger partial charge on any atom is 0.407 e. The molecule has 24 heavy (non-hydrogen) atoms. The van der Waals surface area contributed by atoms with Crippen LogP contribution in [0.4, 0.5) is 4.79 Å². The highest BCUT2D eigenvalue weighted by Crippen LogP contribution is 2.61. The quantitative estimate of drug-likeness (QED) is 0.888. The molecule has 4 aliphatic carbocycles. The van der Waals surface area contributed by atoms with Gasteiger partial charge in [-0.1, -0.05) is 30.3 Å². The molecule has 1 amide bonds. The summed E-state index contributed by atoms with van der Waals surface area (Å²) in [6, 6.07) is 9.57. The molecule has 0 aliphatic heterocycles. The minimum absolute atomic E-state index is 0.236. The van der Waals surface area contributed by atoms with Crippen LogP contribution in [0.15, 0.2) is 30.3 Å². The lowest BCUT2D eigenvalue weighted by Crippen LogP contribution is -2.64. The van der Waals surface area contributed by atoms with Crippen molar-refractivity contribution in [3.63, 3.8) is 0 Å². The molecule has 0 saturated heterocycles. The Balaban J connectivity index is 1.44. The third-order valence-electron chi connectivity index (χ3n) is 6.09. The molecule has 5 heteroatoms. The Labute approximate surface area is 141 Å². The molecule has 4 aliphatic rings. The molecule has 128 valence electrons. The van der Waals surface area contributed by atoms with Gasteiger partial charge in [-0.25, -0.2) is 4.79 Å². The van der Waals surface area contributed by atoms with Gasteiger partial charge in [0, 0.05) is 5.54 Å². The van der Waals surface area contributed by atoms with Gasteiger partial charge in [0.2, 0.25) is 0 Å². The van der Waals surface area contributed by atoms with Crippen molar-refractivity contribution in [3.8, 4) is 0 Å². The number of ether oxygens (including phenoxy) is 1. The highest BCUT2D eigenvalue weighted by atomic mass is 16.5. The van der Waals surface area contributed by atoms with Crippen molar-refractivity contribution in [2.45, 2.75) is 50.7 Å². The molecule has 0 heterocycles.